The van der Waals surface area contributed by atoms with E-state index >= 15 is 0 Å². The molecule has 1 aliphatic carbocycles. The number of aromatic nitrogens is 1. The number of carboxylic acid groups (broad SMARTS) is 1. The number of nitrogens with zero attached hydrogens (tertiary/aromatic N) is 2. The Balaban J connectivity index is 1.52. The molecule has 1 amide bonds. The summed E-state index contributed by atoms with van der Waals surface area (Å²) in [5, 5.41) is 14.1. The second kappa shape index (κ2) is 7.78. The molecule has 1 atom stereocenters. The minimum atomic E-state index is -1.01. The molecule has 6 nitrogen and oxygen atoms in total. The van der Waals surface area contributed by atoms with Crippen LogP contribution >= 0.6 is 0 Å². The second-order valence-corrected chi connectivity index (χ2v) is 8.15. The van der Waals surface area contributed by atoms with E-state index in [4.69, 9.17) is 4.52 Å². The molecule has 2 aliphatic rings. The fourth-order valence-electron chi connectivity index (χ4n) is 4.62. The van der Waals surface area contributed by atoms with Crippen LogP contribution in [0.2, 0.25) is 0 Å². The topological polar surface area (TPSA) is 83.6 Å². The molecule has 0 spiro atoms. The lowest BCUT2D eigenvalue weighted by atomic mass is 9.76. The second-order valence-electron chi connectivity index (χ2n) is 8.15. The molecule has 2 fully saturated rings. The standard InChI is InChI=1S/C22H26N2O4/c25-20(17-9-4-5-10-17)24-12-6-11-22(15-24,21(26)27)14-18-13-19(23-28-18)16-7-2-1-3-8-16/h1-3,7-8,13,17H,4-6,9-12,14-15H2,(H,26,27). The van der Waals surface area contributed by atoms with Crippen molar-refractivity contribution >= 4 is 11.9 Å². The molecule has 28 heavy (non-hydrogen) atoms. The van der Waals surface area contributed by atoms with E-state index in [-0.39, 0.29) is 24.8 Å². The lowest BCUT2D eigenvalue weighted by molar-refractivity contribution is -0.156. The van der Waals surface area contributed by atoms with Crippen LogP contribution < -0.4 is 0 Å². The third-order valence-electron chi connectivity index (χ3n) is 6.19. The van der Waals surface area contributed by atoms with E-state index in [0.29, 0.717) is 30.8 Å². The highest BCUT2D eigenvalue weighted by molar-refractivity contribution is 5.81. The van der Waals surface area contributed by atoms with Gasteiger partial charge in [-0.3, -0.25) is 9.59 Å². The molecule has 0 bridgehead atoms. The normalized spacial score (nSPS) is 23.1. The molecule has 1 N–H and O–H groups in total. The first kappa shape index (κ1) is 18.7. The number of carboxylic acids is 1. The number of aliphatic carboxylic acids is 1. The minimum absolute atomic E-state index is 0.0690. The monoisotopic (exact) mass is 382 g/mol. The van der Waals surface area contributed by atoms with Crippen LogP contribution in [-0.2, 0) is 16.0 Å². The molecule has 1 aromatic carbocycles. The van der Waals surface area contributed by atoms with Gasteiger partial charge in [-0.05, 0) is 25.7 Å². The predicted molar refractivity (Wildman–Crippen MR) is 103 cm³/mol. The summed E-state index contributed by atoms with van der Waals surface area (Å²) in [5.41, 5.74) is 0.620. The molecule has 4 rings (SSSR count). The maximum absolute atomic E-state index is 12.8. The van der Waals surface area contributed by atoms with Crippen molar-refractivity contribution in [3.63, 3.8) is 0 Å². The van der Waals surface area contributed by atoms with Gasteiger partial charge in [-0.1, -0.05) is 48.3 Å². The summed E-state index contributed by atoms with van der Waals surface area (Å²) in [6.45, 7) is 0.898. The lowest BCUT2D eigenvalue weighted by Gasteiger charge is -2.40. The van der Waals surface area contributed by atoms with Crippen LogP contribution in [0.5, 0.6) is 0 Å². The Morgan fingerprint density at radius 3 is 2.64 bits per heavy atom. The SMILES string of the molecule is O=C(C1CCCC1)N1CCCC(Cc2cc(-c3ccccc3)no2)(C(=O)O)C1. The van der Waals surface area contributed by atoms with E-state index in [0.717, 1.165) is 31.2 Å². The van der Waals surface area contributed by atoms with Gasteiger partial charge in [0, 0.05) is 37.1 Å². The van der Waals surface area contributed by atoms with Gasteiger partial charge in [0.2, 0.25) is 5.91 Å². The number of amides is 1. The average molecular weight is 382 g/mol. The van der Waals surface area contributed by atoms with E-state index in [1.807, 2.05) is 36.4 Å². The van der Waals surface area contributed by atoms with Crippen LogP contribution in [0.25, 0.3) is 11.3 Å². The van der Waals surface area contributed by atoms with Gasteiger partial charge in [0.15, 0.2) is 0 Å². The Morgan fingerprint density at radius 2 is 1.93 bits per heavy atom. The highest BCUT2D eigenvalue weighted by Gasteiger charge is 2.45. The smallest absolute Gasteiger partial charge is 0.311 e. The average Bonchev–Trinajstić information content (AvgIpc) is 3.40. The van der Waals surface area contributed by atoms with Crippen LogP contribution in [0, 0.1) is 11.3 Å². The van der Waals surface area contributed by atoms with Gasteiger partial charge < -0.3 is 14.5 Å². The summed E-state index contributed by atoms with van der Waals surface area (Å²) in [7, 11) is 0. The predicted octanol–water partition coefficient (Wildman–Crippen LogP) is 3.77. The number of carbonyl (C=O) groups excluding carboxylic acids is 1. The molecular formula is C22H26N2O4. The zero-order chi connectivity index (χ0) is 19.6. The van der Waals surface area contributed by atoms with Gasteiger partial charge in [-0.2, -0.15) is 0 Å². The number of hydrogen-bond donors (Lipinski definition) is 1. The summed E-state index contributed by atoms with van der Waals surface area (Å²) in [6.07, 6.45) is 5.53. The number of benzene rings is 1. The van der Waals surface area contributed by atoms with Crippen molar-refractivity contribution in [2.45, 2.75) is 44.9 Å². The zero-order valence-electron chi connectivity index (χ0n) is 16.0. The van der Waals surface area contributed by atoms with Gasteiger partial charge in [0.05, 0.1) is 5.41 Å². The largest absolute Gasteiger partial charge is 0.481 e. The van der Waals surface area contributed by atoms with Crippen molar-refractivity contribution in [1.29, 1.82) is 0 Å². The van der Waals surface area contributed by atoms with Crippen LogP contribution in [0.1, 0.15) is 44.3 Å². The van der Waals surface area contributed by atoms with Crippen molar-refractivity contribution in [3.8, 4) is 11.3 Å². The summed E-state index contributed by atoms with van der Waals surface area (Å²) in [4.78, 5) is 26.9. The number of carbonyl (C=O) groups is 2. The molecule has 2 heterocycles. The molecule has 6 heteroatoms. The number of hydrogen-bond acceptors (Lipinski definition) is 4. The maximum Gasteiger partial charge on any atom is 0.311 e. The molecule has 148 valence electrons. The van der Waals surface area contributed by atoms with E-state index in [2.05, 4.69) is 5.16 Å². The molecule has 1 aliphatic heterocycles. The summed E-state index contributed by atoms with van der Waals surface area (Å²) >= 11 is 0. The van der Waals surface area contributed by atoms with Crippen molar-refractivity contribution < 1.29 is 19.2 Å². The number of piperidine rings is 1. The van der Waals surface area contributed by atoms with E-state index < -0.39 is 11.4 Å². The van der Waals surface area contributed by atoms with E-state index in [1.165, 1.54) is 0 Å². The third kappa shape index (κ3) is 3.68. The van der Waals surface area contributed by atoms with Gasteiger partial charge in [-0.25, -0.2) is 0 Å². The first-order valence-corrected chi connectivity index (χ1v) is 10.1. The quantitative estimate of drug-likeness (QED) is 0.851. The minimum Gasteiger partial charge on any atom is -0.481 e. The maximum atomic E-state index is 12.8. The van der Waals surface area contributed by atoms with Gasteiger partial charge in [0.25, 0.3) is 0 Å². The van der Waals surface area contributed by atoms with Gasteiger partial charge >= 0.3 is 5.97 Å². The number of likely N-dealkylation sites (tertiary alicyclic amines) is 1. The van der Waals surface area contributed by atoms with Crippen LogP contribution in [0.3, 0.4) is 0 Å². The molecule has 1 saturated carbocycles. The van der Waals surface area contributed by atoms with E-state index in [9.17, 15) is 14.7 Å². The molecule has 2 aromatic rings. The first-order chi connectivity index (χ1) is 13.6. The Labute approximate surface area is 164 Å². The van der Waals surface area contributed by atoms with Crippen molar-refractivity contribution in [3.05, 3.63) is 42.2 Å². The fraction of sp³-hybridized carbons (Fsp3) is 0.500. The van der Waals surface area contributed by atoms with Crippen molar-refractivity contribution in [2.75, 3.05) is 13.1 Å². The highest BCUT2D eigenvalue weighted by atomic mass is 16.5. The lowest BCUT2D eigenvalue weighted by Crippen LogP contribution is -2.52. The molecule has 1 unspecified atom stereocenters. The summed E-state index contributed by atoms with van der Waals surface area (Å²) in [6, 6.07) is 11.5. The number of rotatable bonds is 5. The van der Waals surface area contributed by atoms with Crippen molar-refractivity contribution in [1.82, 2.24) is 10.1 Å². The first-order valence-electron chi connectivity index (χ1n) is 10.1. The highest BCUT2D eigenvalue weighted by Crippen LogP contribution is 2.37. The Hall–Kier alpha value is -2.63. The van der Waals surface area contributed by atoms with Gasteiger partial charge in [-0.15, -0.1) is 0 Å². The van der Waals surface area contributed by atoms with E-state index in [1.54, 1.807) is 4.90 Å². The van der Waals surface area contributed by atoms with Crippen LogP contribution in [0.15, 0.2) is 40.9 Å². The molecular weight excluding hydrogens is 356 g/mol. The Morgan fingerprint density at radius 1 is 1.18 bits per heavy atom. The van der Waals surface area contributed by atoms with Crippen LogP contribution in [0.4, 0.5) is 0 Å². The molecule has 0 radical (unpaired) electrons. The molecule has 1 aromatic heterocycles. The Kier molecular flexibility index (Phi) is 5.20. The van der Waals surface area contributed by atoms with Gasteiger partial charge in [0.1, 0.15) is 11.5 Å². The van der Waals surface area contributed by atoms with Crippen LogP contribution in [-0.4, -0.2) is 40.1 Å². The third-order valence-corrected chi connectivity index (χ3v) is 6.19. The molecule has 1 saturated heterocycles. The van der Waals surface area contributed by atoms with Crippen molar-refractivity contribution in [2.24, 2.45) is 11.3 Å². The summed E-state index contributed by atoms with van der Waals surface area (Å²) < 4.78 is 5.48. The zero-order valence-corrected chi connectivity index (χ0v) is 16.0. The Bertz CT molecular complexity index is 841. The fourth-order valence-corrected chi connectivity index (χ4v) is 4.62. The summed E-state index contributed by atoms with van der Waals surface area (Å²) in [5.74, 6) is -0.115.